The van der Waals surface area contributed by atoms with Crippen LogP contribution in [0.5, 0.6) is 5.75 Å². The summed E-state index contributed by atoms with van der Waals surface area (Å²) in [6.07, 6.45) is 0. The van der Waals surface area contributed by atoms with E-state index in [1.165, 1.54) is 12.1 Å². The quantitative estimate of drug-likeness (QED) is 0.738. The molecule has 2 aromatic rings. The normalized spacial score (nSPS) is 20.0. The molecule has 154 valence electrons. The van der Waals surface area contributed by atoms with Crippen LogP contribution in [0.15, 0.2) is 52.8 Å². The molecule has 0 spiro atoms. The number of carbonyl (C=O) groups is 3. The van der Waals surface area contributed by atoms with Gasteiger partial charge in [0.25, 0.3) is 11.8 Å². The number of amides is 3. The van der Waals surface area contributed by atoms with Crippen LogP contribution >= 0.6 is 11.6 Å². The van der Waals surface area contributed by atoms with Gasteiger partial charge in [-0.05, 0) is 48.9 Å². The Bertz CT molecular complexity index is 1060. The van der Waals surface area contributed by atoms with Crippen molar-refractivity contribution in [2.24, 2.45) is 10.3 Å². The molecule has 4 rings (SSSR count). The lowest BCUT2D eigenvalue weighted by Crippen LogP contribution is -2.43. The largest absolute Gasteiger partial charge is 0.497 e. The van der Waals surface area contributed by atoms with E-state index < -0.39 is 29.8 Å². The highest BCUT2D eigenvalue weighted by molar-refractivity contribution is 6.33. The summed E-state index contributed by atoms with van der Waals surface area (Å²) in [4.78, 5) is 39.2. The average molecular weight is 428 g/mol. The van der Waals surface area contributed by atoms with E-state index in [1.54, 1.807) is 36.4 Å². The molecule has 0 radical (unpaired) electrons. The molecule has 0 saturated carbocycles. The number of methoxy groups -OCH3 is 1. The minimum atomic E-state index is -0.977. The van der Waals surface area contributed by atoms with Gasteiger partial charge in [-0.2, -0.15) is 5.11 Å². The lowest BCUT2D eigenvalue weighted by atomic mass is 10.1. The molecule has 0 aliphatic carbocycles. The number of nitrogens with one attached hydrogen (secondary N) is 1. The van der Waals surface area contributed by atoms with Gasteiger partial charge in [-0.1, -0.05) is 22.9 Å². The van der Waals surface area contributed by atoms with Gasteiger partial charge in [-0.15, -0.1) is 0 Å². The maximum atomic E-state index is 13.0. The van der Waals surface area contributed by atoms with Gasteiger partial charge < -0.3 is 10.1 Å². The second-order valence-corrected chi connectivity index (χ2v) is 7.34. The molecule has 2 aliphatic rings. The van der Waals surface area contributed by atoms with Crippen LogP contribution in [0.2, 0.25) is 5.02 Å². The minimum absolute atomic E-state index is 0.246. The predicted octanol–water partition coefficient (Wildman–Crippen LogP) is 2.59. The molecule has 0 bridgehead atoms. The van der Waals surface area contributed by atoms with E-state index in [4.69, 9.17) is 16.3 Å². The second-order valence-electron chi connectivity index (χ2n) is 6.93. The predicted molar refractivity (Wildman–Crippen MR) is 109 cm³/mol. The highest BCUT2D eigenvalue weighted by atomic mass is 35.5. The molecule has 2 aliphatic heterocycles. The van der Waals surface area contributed by atoms with Crippen molar-refractivity contribution in [2.75, 3.05) is 23.9 Å². The summed E-state index contributed by atoms with van der Waals surface area (Å²) in [5.41, 5.74) is 1.82. The Morgan fingerprint density at radius 3 is 2.57 bits per heavy atom. The van der Waals surface area contributed by atoms with E-state index >= 15 is 0 Å². The molecular weight excluding hydrogens is 410 g/mol. The molecule has 1 saturated heterocycles. The number of benzene rings is 2. The van der Waals surface area contributed by atoms with Gasteiger partial charge in [0.15, 0.2) is 12.1 Å². The summed E-state index contributed by atoms with van der Waals surface area (Å²) < 4.78 is 5.10. The number of aryl methyl sites for hydroxylation is 1. The van der Waals surface area contributed by atoms with Crippen LogP contribution in [0.3, 0.4) is 0 Å². The van der Waals surface area contributed by atoms with Gasteiger partial charge in [0, 0.05) is 0 Å². The third-order valence-corrected chi connectivity index (χ3v) is 5.21. The zero-order chi connectivity index (χ0) is 21.4. The number of ether oxygens (including phenoxy) is 1. The monoisotopic (exact) mass is 427 g/mol. The molecular formula is C20H18ClN5O4. The standard InChI is InChI=1S/C20H18ClN5O4/c1-11-3-8-15(14(21)9-11)22-16(27)10-25-18-17(23-24-25)19(28)26(20(18)29)12-4-6-13(30-2)7-5-12/h3-9,17-18H,10H2,1-2H3,(H,22,27)/t17-,18-/m1/s1. The van der Waals surface area contributed by atoms with Crippen LogP contribution in [-0.4, -0.2) is 48.5 Å². The third kappa shape index (κ3) is 3.48. The highest BCUT2D eigenvalue weighted by Crippen LogP contribution is 2.32. The molecule has 10 heteroatoms. The van der Waals surface area contributed by atoms with Crippen molar-refractivity contribution in [2.45, 2.75) is 19.0 Å². The van der Waals surface area contributed by atoms with Crippen molar-refractivity contribution in [1.29, 1.82) is 0 Å². The fourth-order valence-electron chi connectivity index (χ4n) is 3.40. The number of hydrogen-bond acceptors (Lipinski definition) is 7. The first-order valence-corrected chi connectivity index (χ1v) is 9.52. The third-order valence-electron chi connectivity index (χ3n) is 4.89. The highest BCUT2D eigenvalue weighted by Gasteiger charge is 2.55. The Hall–Kier alpha value is -3.46. The van der Waals surface area contributed by atoms with Gasteiger partial charge in [-0.25, -0.2) is 4.90 Å². The number of hydrogen-bond donors (Lipinski definition) is 1. The lowest BCUT2D eigenvalue weighted by molar-refractivity contribution is -0.123. The van der Waals surface area contributed by atoms with Crippen LogP contribution < -0.4 is 15.0 Å². The first-order chi connectivity index (χ1) is 14.4. The number of anilines is 2. The number of fused-ring (bicyclic) bond motifs is 1. The number of rotatable bonds is 5. The first kappa shape index (κ1) is 19.8. The van der Waals surface area contributed by atoms with Gasteiger partial charge in [0.1, 0.15) is 12.3 Å². The van der Waals surface area contributed by atoms with E-state index in [0.717, 1.165) is 10.5 Å². The molecule has 0 aromatic heterocycles. The zero-order valence-electron chi connectivity index (χ0n) is 16.2. The summed E-state index contributed by atoms with van der Waals surface area (Å²) in [5, 5.41) is 12.1. The van der Waals surface area contributed by atoms with Crippen LogP contribution in [0.1, 0.15) is 5.56 Å². The van der Waals surface area contributed by atoms with Crippen LogP contribution in [0.25, 0.3) is 0 Å². The fourth-order valence-corrected chi connectivity index (χ4v) is 3.68. The Morgan fingerprint density at radius 2 is 1.90 bits per heavy atom. The number of nitrogens with zero attached hydrogens (tertiary/aromatic N) is 4. The maximum absolute atomic E-state index is 13.0. The molecule has 30 heavy (non-hydrogen) atoms. The molecule has 3 amide bonds. The van der Waals surface area contributed by atoms with E-state index in [-0.39, 0.29) is 6.54 Å². The topological polar surface area (TPSA) is 104 Å². The van der Waals surface area contributed by atoms with Gasteiger partial charge >= 0.3 is 0 Å². The van der Waals surface area contributed by atoms with Crippen molar-refractivity contribution >= 4 is 40.7 Å². The average Bonchev–Trinajstić information content (AvgIpc) is 3.24. The van der Waals surface area contributed by atoms with Gasteiger partial charge in [-0.3, -0.25) is 19.4 Å². The molecule has 2 atom stereocenters. The minimum Gasteiger partial charge on any atom is -0.497 e. The number of imide groups is 1. The Balaban J connectivity index is 1.48. The number of halogens is 1. The summed E-state index contributed by atoms with van der Waals surface area (Å²) >= 11 is 6.15. The first-order valence-electron chi connectivity index (χ1n) is 9.14. The van der Waals surface area contributed by atoms with E-state index in [2.05, 4.69) is 15.7 Å². The SMILES string of the molecule is COc1ccc(N2C(=O)[C@@H]3N=NN(CC(=O)Nc4ccc(C)cc4Cl)[C@H]3C2=O)cc1. The summed E-state index contributed by atoms with van der Waals surface area (Å²) in [6, 6.07) is 9.85. The van der Waals surface area contributed by atoms with Crippen LogP contribution in [0, 0.1) is 6.92 Å². The zero-order valence-corrected chi connectivity index (χ0v) is 17.0. The Kier molecular flexibility index (Phi) is 5.13. The summed E-state index contributed by atoms with van der Waals surface area (Å²) in [5.74, 6) is -0.793. The molecule has 2 aromatic carbocycles. The maximum Gasteiger partial charge on any atom is 0.263 e. The Labute approximate surface area is 177 Å². The van der Waals surface area contributed by atoms with Gasteiger partial charge in [0.05, 0.1) is 23.5 Å². The van der Waals surface area contributed by atoms with Crippen molar-refractivity contribution in [3.63, 3.8) is 0 Å². The van der Waals surface area contributed by atoms with Crippen LogP contribution in [0.4, 0.5) is 11.4 Å². The molecule has 0 unspecified atom stereocenters. The van der Waals surface area contributed by atoms with E-state index in [9.17, 15) is 14.4 Å². The summed E-state index contributed by atoms with van der Waals surface area (Å²) in [7, 11) is 1.53. The van der Waals surface area contributed by atoms with Crippen LogP contribution in [-0.2, 0) is 14.4 Å². The fraction of sp³-hybridized carbons (Fsp3) is 0.250. The molecule has 1 fully saturated rings. The van der Waals surface area contributed by atoms with Gasteiger partial charge in [0.2, 0.25) is 5.91 Å². The lowest BCUT2D eigenvalue weighted by Gasteiger charge is -2.20. The molecule has 1 N–H and O–H groups in total. The molecule has 9 nitrogen and oxygen atoms in total. The smallest absolute Gasteiger partial charge is 0.263 e. The number of carbonyl (C=O) groups excluding carboxylic acids is 3. The second kappa shape index (κ2) is 7.75. The summed E-state index contributed by atoms with van der Waals surface area (Å²) in [6.45, 7) is 1.64. The van der Waals surface area contributed by atoms with E-state index in [0.29, 0.717) is 22.1 Å². The molecule has 2 heterocycles. The van der Waals surface area contributed by atoms with Crippen molar-refractivity contribution in [3.8, 4) is 5.75 Å². The van der Waals surface area contributed by atoms with E-state index in [1.807, 2.05) is 13.0 Å². The Morgan fingerprint density at radius 1 is 1.17 bits per heavy atom. The van der Waals surface area contributed by atoms with Crippen molar-refractivity contribution < 1.29 is 19.1 Å². The van der Waals surface area contributed by atoms with Crippen molar-refractivity contribution in [3.05, 3.63) is 53.1 Å². The van der Waals surface area contributed by atoms with Crippen molar-refractivity contribution in [1.82, 2.24) is 5.01 Å².